The molecule has 3 heterocycles. The van der Waals surface area contributed by atoms with Crippen molar-refractivity contribution >= 4 is 22.5 Å². The van der Waals surface area contributed by atoms with E-state index in [2.05, 4.69) is 15.0 Å². The van der Waals surface area contributed by atoms with E-state index in [-0.39, 0.29) is 54.3 Å². The molecule has 9 nitrogen and oxygen atoms in total. The van der Waals surface area contributed by atoms with Crippen LogP contribution < -0.4 is 16.2 Å². The van der Waals surface area contributed by atoms with Crippen molar-refractivity contribution in [3.63, 3.8) is 0 Å². The van der Waals surface area contributed by atoms with Gasteiger partial charge in [-0.3, -0.25) is 9.79 Å². The third kappa shape index (κ3) is 4.63. The zero-order valence-electron chi connectivity index (χ0n) is 19.9. The Labute approximate surface area is 204 Å². The van der Waals surface area contributed by atoms with Crippen LogP contribution in [0.15, 0.2) is 45.4 Å². The van der Waals surface area contributed by atoms with Crippen LogP contribution in [0.3, 0.4) is 0 Å². The van der Waals surface area contributed by atoms with Crippen molar-refractivity contribution in [1.82, 2.24) is 14.9 Å². The van der Waals surface area contributed by atoms with Crippen molar-refractivity contribution in [2.45, 2.75) is 32.7 Å². The average Bonchev–Trinajstić information content (AvgIpc) is 3.46. The van der Waals surface area contributed by atoms with E-state index in [0.29, 0.717) is 16.7 Å². The van der Waals surface area contributed by atoms with Crippen LogP contribution in [-0.4, -0.2) is 52.7 Å². The van der Waals surface area contributed by atoms with Crippen LogP contribution in [0.2, 0.25) is 0 Å². The second-order valence-electron chi connectivity index (χ2n) is 8.39. The number of aromatic nitrogens is 2. The molecule has 12 heteroatoms. The lowest BCUT2D eigenvalue weighted by atomic mass is 10.1. The van der Waals surface area contributed by atoms with Gasteiger partial charge in [0.25, 0.3) is 5.91 Å². The summed E-state index contributed by atoms with van der Waals surface area (Å²) >= 11 is 0. The van der Waals surface area contributed by atoms with Crippen molar-refractivity contribution in [1.29, 1.82) is 0 Å². The molecule has 4 rings (SSSR count). The summed E-state index contributed by atoms with van der Waals surface area (Å²) in [6.07, 6.45) is -3.53. The van der Waals surface area contributed by atoms with Gasteiger partial charge in [0.15, 0.2) is 11.5 Å². The van der Waals surface area contributed by atoms with E-state index in [0.717, 1.165) is 11.6 Å². The normalized spacial score (nSPS) is 16.6. The van der Waals surface area contributed by atoms with Gasteiger partial charge in [-0.25, -0.2) is 9.97 Å². The Hall–Kier alpha value is -3.93. The summed E-state index contributed by atoms with van der Waals surface area (Å²) in [6, 6.07) is 5.26. The van der Waals surface area contributed by atoms with Gasteiger partial charge >= 0.3 is 6.18 Å². The molecule has 1 aliphatic heterocycles. The summed E-state index contributed by atoms with van der Waals surface area (Å²) < 4.78 is 51.6. The fraction of sp³-hybridized carbons (Fsp3) is 0.333. The lowest BCUT2D eigenvalue weighted by Crippen LogP contribution is -2.30. The standard InChI is InChI=1S/C24H25F3N6O3/c1-12(2)35-17-6-4-15(14-5-7-19(24(25,26)27)31-20(14)17)22-32-21(18(9-29)36-22)23(34)33-10-13(8-28)16(11-33)30-3/h4-8,12H,9-11,28-29H2,1-3H3. The molecule has 190 valence electrons. The van der Waals surface area contributed by atoms with Gasteiger partial charge in [0, 0.05) is 36.3 Å². The predicted octanol–water partition coefficient (Wildman–Crippen LogP) is 3.52. The Morgan fingerprint density at radius 2 is 2.00 bits per heavy atom. The molecule has 1 aliphatic rings. The number of rotatable bonds is 5. The van der Waals surface area contributed by atoms with Gasteiger partial charge in [0.05, 0.1) is 24.9 Å². The van der Waals surface area contributed by atoms with Crippen molar-refractivity contribution in [3.8, 4) is 17.2 Å². The number of halogens is 3. The highest BCUT2D eigenvalue weighted by molar-refractivity contribution is 6.08. The number of ether oxygens (including phenoxy) is 1. The van der Waals surface area contributed by atoms with E-state index in [4.69, 9.17) is 20.6 Å². The third-order valence-corrected chi connectivity index (χ3v) is 5.62. The highest BCUT2D eigenvalue weighted by atomic mass is 19.4. The molecule has 36 heavy (non-hydrogen) atoms. The number of carbonyl (C=O) groups excluding carboxylic acids is 1. The van der Waals surface area contributed by atoms with Crippen LogP contribution in [0.25, 0.3) is 22.4 Å². The van der Waals surface area contributed by atoms with Gasteiger partial charge in [-0.15, -0.1) is 0 Å². The molecular weight excluding hydrogens is 477 g/mol. The number of oxazole rings is 1. The average molecular weight is 502 g/mol. The van der Waals surface area contributed by atoms with Gasteiger partial charge < -0.3 is 25.5 Å². The molecule has 0 radical (unpaired) electrons. The maximum Gasteiger partial charge on any atom is 0.433 e. The lowest BCUT2D eigenvalue weighted by Gasteiger charge is -2.15. The summed E-state index contributed by atoms with van der Waals surface area (Å²) in [7, 11) is 1.61. The molecule has 0 spiro atoms. The number of nitrogens with zero attached hydrogens (tertiary/aromatic N) is 4. The van der Waals surface area contributed by atoms with Crippen LogP contribution in [-0.2, 0) is 12.7 Å². The fourth-order valence-corrected chi connectivity index (χ4v) is 3.95. The summed E-state index contributed by atoms with van der Waals surface area (Å²) in [5.74, 6) is -0.0726. The largest absolute Gasteiger partial charge is 0.489 e. The van der Waals surface area contributed by atoms with Crippen molar-refractivity contribution in [3.05, 3.63) is 53.2 Å². The number of nitrogens with two attached hydrogens (primary N) is 2. The molecule has 1 aromatic carbocycles. The topological polar surface area (TPSA) is 133 Å². The van der Waals surface area contributed by atoms with Crippen LogP contribution in [0.4, 0.5) is 13.2 Å². The summed E-state index contributed by atoms with van der Waals surface area (Å²) in [6.45, 7) is 3.90. The van der Waals surface area contributed by atoms with E-state index in [1.165, 1.54) is 23.2 Å². The van der Waals surface area contributed by atoms with Gasteiger partial charge in [-0.2, -0.15) is 13.2 Å². The summed E-state index contributed by atoms with van der Waals surface area (Å²) in [4.78, 5) is 27.1. The van der Waals surface area contributed by atoms with Gasteiger partial charge in [0.1, 0.15) is 17.0 Å². The molecule has 0 saturated carbocycles. The van der Waals surface area contributed by atoms with E-state index in [9.17, 15) is 18.0 Å². The van der Waals surface area contributed by atoms with E-state index >= 15 is 0 Å². The van der Waals surface area contributed by atoms with Crippen molar-refractivity contribution in [2.24, 2.45) is 16.5 Å². The van der Waals surface area contributed by atoms with Crippen LogP contribution in [0, 0.1) is 0 Å². The Morgan fingerprint density at radius 3 is 2.58 bits per heavy atom. The fourth-order valence-electron chi connectivity index (χ4n) is 3.95. The van der Waals surface area contributed by atoms with Crippen LogP contribution in [0.1, 0.15) is 35.8 Å². The van der Waals surface area contributed by atoms with E-state index in [1.54, 1.807) is 27.0 Å². The Balaban J connectivity index is 1.81. The predicted molar refractivity (Wildman–Crippen MR) is 127 cm³/mol. The maximum absolute atomic E-state index is 13.4. The molecule has 1 saturated heterocycles. The number of amides is 1. The highest BCUT2D eigenvalue weighted by Crippen LogP contribution is 2.37. The van der Waals surface area contributed by atoms with E-state index < -0.39 is 17.8 Å². The zero-order valence-corrected chi connectivity index (χ0v) is 19.9. The molecule has 3 aromatic rings. The number of benzene rings is 1. The first-order valence-corrected chi connectivity index (χ1v) is 11.1. The van der Waals surface area contributed by atoms with Crippen molar-refractivity contribution in [2.75, 3.05) is 20.1 Å². The molecule has 4 N–H and O–H groups in total. The molecular formula is C24H25F3N6O3. The number of hydrogen-bond donors (Lipinski definition) is 2. The number of pyridine rings is 1. The van der Waals surface area contributed by atoms with Gasteiger partial charge in [-0.1, -0.05) is 0 Å². The number of alkyl halides is 3. The minimum atomic E-state index is -4.64. The molecule has 1 amide bonds. The first-order valence-electron chi connectivity index (χ1n) is 11.1. The SMILES string of the molecule is CN=C1CN(C(=O)c2nc(-c3ccc(OC(C)C)c4nc(C(F)(F)F)ccc34)oc2CN)CC1=CN. The second-order valence-corrected chi connectivity index (χ2v) is 8.39. The zero-order chi connectivity index (χ0) is 26.2. The highest BCUT2D eigenvalue weighted by Gasteiger charge is 2.34. The Morgan fingerprint density at radius 1 is 1.25 bits per heavy atom. The van der Waals surface area contributed by atoms with Crippen molar-refractivity contribution < 1.29 is 27.1 Å². The third-order valence-electron chi connectivity index (χ3n) is 5.62. The second kappa shape index (κ2) is 9.61. The molecule has 0 unspecified atom stereocenters. The number of fused-ring (bicyclic) bond motifs is 1. The molecule has 2 aromatic heterocycles. The minimum absolute atomic E-state index is 0.00235. The van der Waals surface area contributed by atoms with Crippen LogP contribution >= 0.6 is 0 Å². The summed E-state index contributed by atoms with van der Waals surface area (Å²) in [5, 5.41) is 0.319. The van der Waals surface area contributed by atoms with E-state index in [1.807, 2.05) is 0 Å². The smallest absolute Gasteiger partial charge is 0.433 e. The summed E-state index contributed by atoms with van der Waals surface area (Å²) in [5.41, 5.74) is 12.2. The van der Waals surface area contributed by atoms with Crippen LogP contribution in [0.5, 0.6) is 5.75 Å². The number of aliphatic imine (C=N–C) groups is 1. The number of likely N-dealkylation sites (tertiary alicyclic amines) is 1. The Kier molecular flexibility index (Phi) is 6.72. The quantitative estimate of drug-likeness (QED) is 0.545. The molecule has 0 bridgehead atoms. The lowest BCUT2D eigenvalue weighted by molar-refractivity contribution is -0.140. The van der Waals surface area contributed by atoms with Gasteiger partial charge in [0.2, 0.25) is 5.89 Å². The Bertz CT molecular complexity index is 1360. The minimum Gasteiger partial charge on any atom is -0.489 e. The molecule has 1 fully saturated rings. The number of hydrogen-bond acceptors (Lipinski definition) is 8. The first kappa shape index (κ1) is 25.2. The monoisotopic (exact) mass is 502 g/mol. The van der Waals surface area contributed by atoms with Gasteiger partial charge in [-0.05, 0) is 38.1 Å². The molecule has 0 atom stereocenters. The molecule has 0 aliphatic carbocycles. The number of carbonyl (C=O) groups is 1. The first-order chi connectivity index (χ1) is 17.1. The maximum atomic E-state index is 13.4.